The number of halogens is 3. The third kappa shape index (κ3) is 7.37. The van der Waals surface area contributed by atoms with Crippen LogP contribution in [0.25, 0.3) is 0 Å². The maximum Gasteiger partial charge on any atom is 0.387 e. The Hall–Kier alpha value is -2.30. The molecule has 9 heteroatoms. The summed E-state index contributed by atoms with van der Waals surface area (Å²) in [5.41, 5.74) is 1.57. The number of aliphatic imine (C=N–C) groups is 1. The number of rotatable bonds is 8. The van der Waals surface area contributed by atoms with E-state index in [9.17, 15) is 8.78 Å². The van der Waals surface area contributed by atoms with Crippen molar-refractivity contribution in [2.75, 3.05) is 21.3 Å². The average molecular weight is 507 g/mol. The van der Waals surface area contributed by atoms with Crippen molar-refractivity contribution in [3.63, 3.8) is 0 Å². The van der Waals surface area contributed by atoms with Gasteiger partial charge in [-0.1, -0.05) is 12.1 Å². The summed E-state index contributed by atoms with van der Waals surface area (Å²) in [4.78, 5) is 4.13. The van der Waals surface area contributed by atoms with Crippen molar-refractivity contribution in [2.24, 2.45) is 4.99 Å². The number of hydrogen-bond donors (Lipinski definition) is 2. The molecule has 0 radical (unpaired) electrons. The van der Waals surface area contributed by atoms with E-state index in [2.05, 4.69) is 20.4 Å². The Labute approximate surface area is 180 Å². The highest BCUT2D eigenvalue weighted by molar-refractivity contribution is 14.0. The predicted molar refractivity (Wildman–Crippen MR) is 115 cm³/mol. The Morgan fingerprint density at radius 2 is 1.57 bits per heavy atom. The molecule has 154 valence electrons. The van der Waals surface area contributed by atoms with Crippen LogP contribution in [0.1, 0.15) is 11.1 Å². The second kappa shape index (κ2) is 12.2. The standard InChI is InChI=1S/C19H23F2N3O3.HI/c1-22-19(23-11-13-4-6-15(25-2)7-5-13)24-12-14-10-16(26-3)8-9-17(14)27-18(20)21;/h4-10,18H,11-12H2,1-3H3,(H2,22,23,24);1H. The molecule has 0 aliphatic carbocycles. The molecular formula is C19H24F2IN3O3. The second-order valence-electron chi connectivity index (χ2n) is 5.48. The van der Waals surface area contributed by atoms with Crippen LogP contribution in [0.3, 0.4) is 0 Å². The molecule has 0 aliphatic heterocycles. The van der Waals surface area contributed by atoms with E-state index in [1.807, 2.05) is 24.3 Å². The summed E-state index contributed by atoms with van der Waals surface area (Å²) in [6.45, 7) is -2.12. The van der Waals surface area contributed by atoms with Crippen LogP contribution < -0.4 is 24.8 Å². The molecule has 0 bridgehead atoms. The summed E-state index contributed by atoms with van der Waals surface area (Å²) in [6, 6.07) is 12.3. The first-order valence-electron chi connectivity index (χ1n) is 8.25. The minimum Gasteiger partial charge on any atom is -0.497 e. The third-order valence-corrected chi connectivity index (χ3v) is 3.77. The first-order valence-corrected chi connectivity index (χ1v) is 8.25. The van der Waals surface area contributed by atoms with E-state index in [4.69, 9.17) is 9.47 Å². The van der Waals surface area contributed by atoms with Gasteiger partial charge in [0.1, 0.15) is 17.2 Å². The molecule has 0 atom stereocenters. The number of ether oxygens (including phenoxy) is 3. The minimum atomic E-state index is -2.90. The fourth-order valence-electron chi connectivity index (χ4n) is 2.36. The SMILES string of the molecule is CN=C(NCc1ccc(OC)cc1)NCc1cc(OC)ccc1OC(F)F.I. The van der Waals surface area contributed by atoms with Crippen molar-refractivity contribution < 1.29 is 23.0 Å². The van der Waals surface area contributed by atoms with Crippen molar-refractivity contribution in [1.82, 2.24) is 10.6 Å². The molecule has 0 unspecified atom stereocenters. The number of benzene rings is 2. The van der Waals surface area contributed by atoms with Crippen LogP contribution >= 0.6 is 24.0 Å². The molecule has 2 aromatic carbocycles. The lowest BCUT2D eigenvalue weighted by Gasteiger charge is -2.15. The van der Waals surface area contributed by atoms with Crippen molar-refractivity contribution >= 4 is 29.9 Å². The summed E-state index contributed by atoms with van der Waals surface area (Å²) in [5, 5.41) is 6.24. The molecule has 0 aliphatic rings. The summed E-state index contributed by atoms with van der Waals surface area (Å²) >= 11 is 0. The van der Waals surface area contributed by atoms with Crippen molar-refractivity contribution in [3.8, 4) is 17.2 Å². The molecule has 2 aromatic rings. The van der Waals surface area contributed by atoms with E-state index in [1.165, 1.54) is 13.2 Å². The summed E-state index contributed by atoms with van der Waals surface area (Å²) < 4.78 is 40.0. The lowest BCUT2D eigenvalue weighted by molar-refractivity contribution is -0.0504. The molecule has 6 nitrogen and oxygen atoms in total. The van der Waals surface area contributed by atoms with Gasteiger partial charge in [0.25, 0.3) is 0 Å². The van der Waals surface area contributed by atoms with Crippen LogP contribution in [0.2, 0.25) is 0 Å². The van der Waals surface area contributed by atoms with Crippen LogP contribution in [0.15, 0.2) is 47.5 Å². The maximum absolute atomic E-state index is 12.6. The molecule has 0 fully saturated rings. The number of guanidine groups is 1. The largest absolute Gasteiger partial charge is 0.497 e. The molecule has 2 rings (SSSR count). The highest BCUT2D eigenvalue weighted by atomic mass is 127. The smallest absolute Gasteiger partial charge is 0.387 e. The van der Waals surface area contributed by atoms with Crippen molar-refractivity contribution in [3.05, 3.63) is 53.6 Å². The van der Waals surface area contributed by atoms with Gasteiger partial charge >= 0.3 is 6.61 Å². The summed E-state index contributed by atoms with van der Waals surface area (Å²) in [5.74, 6) is 1.95. The normalized spacial score (nSPS) is 10.9. The topological polar surface area (TPSA) is 64.1 Å². The molecule has 0 aromatic heterocycles. The highest BCUT2D eigenvalue weighted by Gasteiger charge is 2.11. The van der Waals surface area contributed by atoms with Crippen LogP contribution in [-0.4, -0.2) is 33.8 Å². The molecule has 0 amide bonds. The fraction of sp³-hybridized carbons (Fsp3) is 0.316. The lowest BCUT2D eigenvalue weighted by atomic mass is 10.2. The molecule has 2 N–H and O–H groups in total. The van der Waals surface area contributed by atoms with Gasteiger partial charge in [0, 0.05) is 25.7 Å². The molecule has 0 spiro atoms. The van der Waals surface area contributed by atoms with Gasteiger partial charge in [-0.3, -0.25) is 4.99 Å². The zero-order chi connectivity index (χ0) is 19.6. The molecule has 28 heavy (non-hydrogen) atoms. The number of nitrogens with zero attached hydrogens (tertiary/aromatic N) is 1. The van der Waals surface area contributed by atoms with E-state index < -0.39 is 6.61 Å². The summed E-state index contributed by atoms with van der Waals surface area (Å²) in [6.07, 6.45) is 0. The number of alkyl halides is 2. The van der Waals surface area contributed by atoms with Crippen LogP contribution in [0.4, 0.5) is 8.78 Å². The van der Waals surface area contributed by atoms with Crippen LogP contribution in [-0.2, 0) is 13.1 Å². The maximum atomic E-state index is 12.6. The van der Waals surface area contributed by atoms with E-state index in [-0.39, 0.29) is 36.3 Å². The van der Waals surface area contributed by atoms with Gasteiger partial charge in [-0.25, -0.2) is 0 Å². The van der Waals surface area contributed by atoms with Gasteiger partial charge in [0.15, 0.2) is 5.96 Å². The Balaban J connectivity index is 0.00000392. The second-order valence-corrected chi connectivity index (χ2v) is 5.48. The van der Waals surface area contributed by atoms with Gasteiger partial charge in [-0.15, -0.1) is 24.0 Å². The van der Waals surface area contributed by atoms with Crippen molar-refractivity contribution in [1.29, 1.82) is 0 Å². The lowest BCUT2D eigenvalue weighted by Crippen LogP contribution is -2.36. The quantitative estimate of drug-likeness (QED) is 0.324. The molecule has 0 saturated heterocycles. The number of nitrogens with one attached hydrogen (secondary N) is 2. The van der Waals surface area contributed by atoms with Gasteiger partial charge in [0.2, 0.25) is 0 Å². The Bertz CT molecular complexity index is 759. The van der Waals surface area contributed by atoms with Gasteiger partial charge in [0.05, 0.1) is 14.2 Å². The molecule has 0 saturated carbocycles. The monoisotopic (exact) mass is 507 g/mol. The zero-order valence-corrected chi connectivity index (χ0v) is 18.2. The van der Waals surface area contributed by atoms with E-state index in [1.54, 1.807) is 26.3 Å². The Morgan fingerprint density at radius 1 is 0.964 bits per heavy atom. The number of hydrogen-bond acceptors (Lipinski definition) is 4. The van der Waals surface area contributed by atoms with Crippen molar-refractivity contribution in [2.45, 2.75) is 19.7 Å². The van der Waals surface area contributed by atoms with Crippen LogP contribution in [0, 0.1) is 0 Å². The van der Waals surface area contributed by atoms with Gasteiger partial charge < -0.3 is 24.8 Å². The first kappa shape index (κ1) is 23.7. The predicted octanol–water partition coefficient (Wildman–Crippen LogP) is 3.79. The van der Waals surface area contributed by atoms with E-state index >= 15 is 0 Å². The number of methoxy groups -OCH3 is 2. The summed E-state index contributed by atoms with van der Waals surface area (Å²) in [7, 11) is 4.75. The molecular weight excluding hydrogens is 483 g/mol. The first-order chi connectivity index (χ1) is 13.0. The highest BCUT2D eigenvalue weighted by Crippen LogP contribution is 2.25. The zero-order valence-electron chi connectivity index (χ0n) is 15.9. The average Bonchev–Trinajstić information content (AvgIpc) is 2.69. The van der Waals surface area contributed by atoms with E-state index in [0.29, 0.717) is 23.8 Å². The van der Waals surface area contributed by atoms with Crippen LogP contribution in [0.5, 0.6) is 17.2 Å². The third-order valence-electron chi connectivity index (χ3n) is 3.77. The van der Waals surface area contributed by atoms with Gasteiger partial charge in [-0.2, -0.15) is 8.78 Å². The Kier molecular flexibility index (Phi) is 10.4. The van der Waals surface area contributed by atoms with Gasteiger partial charge in [-0.05, 0) is 35.9 Å². The fourth-order valence-corrected chi connectivity index (χ4v) is 2.36. The van der Waals surface area contributed by atoms with E-state index in [0.717, 1.165) is 11.3 Å². The Morgan fingerprint density at radius 3 is 2.14 bits per heavy atom. The minimum absolute atomic E-state index is 0. The molecule has 0 heterocycles.